The predicted octanol–water partition coefficient (Wildman–Crippen LogP) is 4.55. The molecule has 0 aliphatic carbocycles. The average Bonchev–Trinajstić information content (AvgIpc) is 2.52. The predicted molar refractivity (Wildman–Crippen MR) is 93.7 cm³/mol. The van der Waals surface area contributed by atoms with Crippen molar-refractivity contribution in [3.8, 4) is 0 Å². The second kappa shape index (κ2) is 9.77. The lowest BCUT2D eigenvalue weighted by Gasteiger charge is -2.05. The van der Waals surface area contributed by atoms with Crippen molar-refractivity contribution in [2.75, 3.05) is 11.9 Å². The topological polar surface area (TPSA) is 50.4 Å². The van der Waals surface area contributed by atoms with E-state index >= 15 is 0 Å². The smallest absolute Gasteiger partial charge is 0.126 e. The van der Waals surface area contributed by atoms with Crippen molar-refractivity contribution in [3.63, 3.8) is 0 Å². The van der Waals surface area contributed by atoms with Crippen LogP contribution in [-0.2, 0) is 0 Å². The molecule has 0 atom stereocenters. The first-order chi connectivity index (χ1) is 10.6. The minimum atomic E-state index is -0.201. The zero-order valence-corrected chi connectivity index (χ0v) is 13.7. The van der Waals surface area contributed by atoms with E-state index in [0.29, 0.717) is 5.56 Å². The first kappa shape index (κ1) is 18.0. The van der Waals surface area contributed by atoms with Crippen LogP contribution >= 0.6 is 0 Å². The number of hydrogen-bond donors (Lipinski definition) is 2. The molecule has 0 aliphatic heterocycles. The van der Waals surface area contributed by atoms with Crippen LogP contribution in [0.5, 0.6) is 0 Å². The summed E-state index contributed by atoms with van der Waals surface area (Å²) in [6.45, 7) is 6.64. The van der Waals surface area contributed by atoms with Gasteiger partial charge in [-0.1, -0.05) is 13.0 Å². The Morgan fingerprint density at radius 1 is 1.41 bits per heavy atom. The standard InChI is InChI=1S/C18H26FN3/c1-4-15(5-2)12-21-10-6-7-16(20)13-22-17-8-9-18(19)14(3)11-17/h4,8-9,11-13,22H,5-7,10,20H2,1-3H3/b15-4-,16-13-,21-12?. The van der Waals surface area contributed by atoms with Gasteiger partial charge in [0.1, 0.15) is 5.82 Å². The molecule has 120 valence electrons. The fourth-order valence-corrected chi connectivity index (χ4v) is 1.91. The van der Waals surface area contributed by atoms with Gasteiger partial charge in [0.25, 0.3) is 0 Å². The highest BCUT2D eigenvalue weighted by Gasteiger charge is 1.98. The number of allylic oxidation sites excluding steroid dienone is 3. The zero-order chi connectivity index (χ0) is 16.4. The molecule has 0 spiro atoms. The number of nitrogens with one attached hydrogen (secondary N) is 1. The van der Waals surface area contributed by atoms with Gasteiger partial charge >= 0.3 is 0 Å². The van der Waals surface area contributed by atoms with Crippen molar-refractivity contribution in [3.05, 3.63) is 53.1 Å². The summed E-state index contributed by atoms with van der Waals surface area (Å²) in [5, 5.41) is 3.09. The summed E-state index contributed by atoms with van der Waals surface area (Å²) in [4.78, 5) is 4.39. The highest BCUT2D eigenvalue weighted by molar-refractivity contribution is 5.78. The van der Waals surface area contributed by atoms with Crippen LogP contribution in [0.2, 0.25) is 0 Å². The lowest BCUT2D eigenvalue weighted by Crippen LogP contribution is -2.02. The molecule has 0 heterocycles. The fraction of sp³-hybridized carbons (Fsp3) is 0.389. The molecule has 0 saturated carbocycles. The molecule has 0 fully saturated rings. The van der Waals surface area contributed by atoms with Gasteiger partial charge in [0, 0.05) is 30.3 Å². The van der Waals surface area contributed by atoms with Crippen molar-refractivity contribution in [2.24, 2.45) is 10.7 Å². The monoisotopic (exact) mass is 303 g/mol. The normalized spacial score (nSPS) is 12.9. The fourth-order valence-electron chi connectivity index (χ4n) is 1.91. The quantitative estimate of drug-likeness (QED) is 0.546. The summed E-state index contributed by atoms with van der Waals surface area (Å²) in [5.41, 5.74) is 9.40. The van der Waals surface area contributed by atoms with E-state index in [0.717, 1.165) is 37.2 Å². The van der Waals surface area contributed by atoms with E-state index in [2.05, 4.69) is 23.3 Å². The van der Waals surface area contributed by atoms with Gasteiger partial charge in [-0.25, -0.2) is 4.39 Å². The van der Waals surface area contributed by atoms with E-state index in [1.165, 1.54) is 11.6 Å². The molecule has 1 aromatic carbocycles. The Morgan fingerprint density at radius 3 is 2.82 bits per heavy atom. The molecule has 1 rings (SSSR count). The Labute approximate surface area is 132 Å². The number of aliphatic imine (C=N–C) groups is 1. The maximum absolute atomic E-state index is 13.2. The number of aryl methyl sites for hydroxylation is 1. The molecule has 1 aromatic rings. The molecule has 0 radical (unpaired) electrons. The van der Waals surface area contributed by atoms with Crippen LogP contribution in [0.25, 0.3) is 0 Å². The molecule has 0 saturated heterocycles. The Bertz CT molecular complexity index is 559. The van der Waals surface area contributed by atoms with Gasteiger partial charge in [-0.05, 0) is 62.4 Å². The molecular formula is C18H26FN3. The van der Waals surface area contributed by atoms with Crippen LogP contribution in [0, 0.1) is 12.7 Å². The first-order valence-corrected chi connectivity index (χ1v) is 7.69. The number of anilines is 1. The van der Waals surface area contributed by atoms with E-state index in [-0.39, 0.29) is 5.82 Å². The largest absolute Gasteiger partial charge is 0.401 e. The van der Waals surface area contributed by atoms with Crippen molar-refractivity contribution >= 4 is 11.9 Å². The third-order valence-corrected chi connectivity index (χ3v) is 3.37. The molecule has 4 heteroatoms. The summed E-state index contributed by atoms with van der Waals surface area (Å²) >= 11 is 0. The van der Waals surface area contributed by atoms with E-state index < -0.39 is 0 Å². The van der Waals surface area contributed by atoms with Crippen LogP contribution in [0.3, 0.4) is 0 Å². The van der Waals surface area contributed by atoms with Gasteiger partial charge in [0.05, 0.1) is 0 Å². The van der Waals surface area contributed by atoms with Crippen molar-refractivity contribution in [1.29, 1.82) is 0 Å². The maximum atomic E-state index is 13.2. The third kappa shape index (κ3) is 6.57. The van der Waals surface area contributed by atoms with E-state index in [1.54, 1.807) is 25.3 Å². The van der Waals surface area contributed by atoms with Crippen LogP contribution in [0.15, 0.2) is 46.7 Å². The van der Waals surface area contributed by atoms with Gasteiger partial charge in [-0.15, -0.1) is 0 Å². The number of nitrogens with two attached hydrogens (primary N) is 1. The average molecular weight is 303 g/mol. The second-order valence-corrected chi connectivity index (χ2v) is 5.18. The third-order valence-electron chi connectivity index (χ3n) is 3.37. The molecular weight excluding hydrogens is 277 g/mol. The summed E-state index contributed by atoms with van der Waals surface area (Å²) in [5.74, 6) is -0.201. The van der Waals surface area contributed by atoms with Crippen LogP contribution in [-0.4, -0.2) is 12.8 Å². The summed E-state index contributed by atoms with van der Waals surface area (Å²) in [6.07, 6.45) is 8.46. The van der Waals surface area contributed by atoms with Gasteiger partial charge in [-0.2, -0.15) is 0 Å². The maximum Gasteiger partial charge on any atom is 0.126 e. The Balaban J connectivity index is 2.35. The molecule has 0 aliphatic rings. The lowest BCUT2D eigenvalue weighted by atomic mass is 10.2. The number of rotatable bonds is 8. The molecule has 22 heavy (non-hydrogen) atoms. The van der Waals surface area contributed by atoms with Crippen LogP contribution in [0.4, 0.5) is 10.1 Å². The number of nitrogens with zero attached hydrogens (tertiary/aromatic N) is 1. The van der Waals surface area contributed by atoms with Crippen LogP contribution < -0.4 is 11.1 Å². The Morgan fingerprint density at radius 2 is 2.18 bits per heavy atom. The van der Waals surface area contributed by atoms with Gasteiger partial charge < -0.3 is 11.1 Å². The Hall–Kier alpha value is -2.10. The second-order valence-electron chi connectivity index (χ2n) is 5.18. The minimum absolute atomic E-state index is 0.201. The zero-order valence-electron chi connectivity index (χ0n) is 13.7. The van der Waals surface area contributed by atoms with E-state index in [4.69, 9.17) is 5.73 Å². The van der Waals surface area contributed by atoms with Gasteiger partial charge in [0.2, 0.25) is 0 Å². The number of benzene rings is 1. The number of hydrogen-bond acceptors (Lipinski definition) is 3. The first-order valence-electron chi connectivity index (χ1n) is 7.69. The highest BCUT2D eigenvalue weighted by atomic mass is 19.1. The van der Waals surface area contributed by atoms with Crippen molar-refractivity contribution < 1.29 is 4.39 Å². The SMILES string of the molecule is C/C=C(\C=NCCC/C(N)=C/Nc1ccc(F)c(C)c1)CC. The van der Waals surface area contributed by atoms with Gasteiger partial charge in [-0.3, -0.25) is 4.99 Å². The summed E-state index contributed by atoms with van der Waals surface area (Å²) in [6, 6.07) is 4.90. The molecule has 0 bridgehead atoms. The van der Waals surface area contributed by atoms with Crippen LogP contribution in [0.1, 0.15) is 38.7 Å². The molecule has 0 unspecified atom stereocenters. The van der Waals surface area contributed by atoms with Crippen molar-refractivity contribution in [1.82, 2.24) is 0 Å². The molecule has 0 aromatic heterocycles. The molecule has 3 nitrogen and oxygen atoms in total. The molecule has 0 amide bonds. The summed E-state index contributed by atoms with van der Waals surface area (Å²) in [7, 11) is 0. The summed E-state index contributed by atoms with van der Waals surface area (Å²) < 4.78 is 13.2. The number of halogens is 1. The lowest BCUT2D eigenvalue weighted by molar-refractivity contribution is 0.619. The van der Waals surface area contributed by atoms with E-state index in [1.807, 2.05) is 13.1 Å². The Kier molecular flexibility index (Phi) is 7.97. The van der Waals surface area contributed by atoms with E-state index in [9.17, 15) is 4.39 Å². The minimum Gasteiger partial charge on any atom is -0.401 e. The van der Waals surface area contributed by atoms with Gasteiger partial charge in [0.15, 0.2) is 0 Å². The van der Waals surface area contributed by atoms with Crippen molar-refractivity contribution in [2.45, 2.75) is 40.0 Å². The molecule has 3 N–H and O–H groups in total. The highest BCUT2D eigenvalue weighted by Crippen LogP contribution is 2.14.